The van der Waals surface area contributed by atoms with Gasteiger partial charge in [-0.3, -0.25) is 4.79 Å². The molecular weight excluding hydrogens is 408 g/mol. The Morgan fingerprint density at radius 1 is 1.04 bits per heavy atom. The van der Waals surface area contributed by atoms with Crippen molar-refractivity contribution in [2.75, 3.05) is 0 Å². The van der Waals surface area contributed by atoms with Gasteiger partial charge in [0.2, 0.25) is 0 Å². The fraction of sp³-hybridized carbons (Fsp3) is 0.654. The van der Waals surface area contributed by atoms with Gasteiger partial charge in [0.25, 0.3) is 0 Å². The van der Waals surface area contributed by atoms with Crippen LogP contribution in [0.4, 0.5) is 0 Å². The molecule has 1 nitrogen and oxygen atoms in total. The molecule has 2 heteroatoms. The largest absolute Gasteiger partial charge is 0.294 e. The molecule has 1 aromatic rings. The summed E-state index contributed by atoms with van der Waals surface area (Å²) in [5.41, 5.74) is 2.67. The Morgan fingerprint density at radius 3 is 2.71 bits per heavy atom. The summed E-state index contributed by atoms with van der Waals surface area (Å²) in [6.07, 6.45) is 14.1. The van der Waals surface area contributed by atoms with Gasteiger partial charge in [0.05, 0.1) is 0 Å². The number of carbonyl (C=O) groups is 1. The molecule has 6 atom stereocenters. The summed E-state index contributed by atoms with van der Waals surface area (Å²) in [4.78, 5) is 13.5. The standard InChI is InChI=1S/C26H33BrO/c1-25-12-4-3-7-19(25)9-10-21-22(25)11-13-26(2)23(21)16-18(24(26)28)14-17-6-5-8-20(27)15-17/h5-6,8,14-15,19,21-23H,3-4,7,9-13,16H2,1-2H3/b18-14-/t19-,21+,22-,23-,25+,26-/m1/s1. The van der Waals surface area contributed by atoms with Crippen molar-refractivity contribution in [2.45, 2.75) is 71.6 Å². The molecule has 0 N–H and O–H groups in total. The molecule has 5 rings (SSSR count). The van der Waals surface area contributed by atoms with Gasteiger partial charge >= 0.3 is 0 Å². The lowest BCUT2D eigenvalue weighted by Crippen LogP contribution is -2.52. The predicted molar refractivity (Wildman–Crippen MR) is 119 cm³/mol. The SMILES string of the molecule is C[C@]12CCCC[C@@H]1CC[C@H]1[C@H]2CC[C@@]2(C)C(=O)/C(=C\c3cccc(Br)c3)C[C@H]12. The maximum absolute atomic E-state index is 13.5. The molecule has 0 saturated heterocycles. The van der Waals surface area contributed by atoms with Crippen molar-refractivity contribution in [1.82, 2.24) is 0 Å². The second-order valence-corrected chi connectivity index (χ2v) is 11.5. The molecule has 4 aliphatic rings. The summed E-state index contributed by atoms with van der Waals surface area (Å²) >= 11 is 3.57. The summed E-state index contributed by atoms with van der Waals surface area (Å²) < 4.78 is 1.08. The van der Waals surface area contributed by atoms with E-state index < -0.39 is 0 Å². The molecule has 1 aromatic carbocycles. The van der Waals surface area contributed by atoms with Crippen LogP contribution in [0, 0.1) is 34.5 Å². The molecule has 0 unspecified atom stereocenters. The molecule has 4 aliphatic carbocycles. The molecular formula is C26H33BrO. The van der Waals surface area contributed by atoms with Crippen molar-refractivity contribution in [3.8, 4) is 0 Å². The number of ketones is 1. The summed E-state index contributed by atoms with van der Waals surface area (Å²) in [5.74, 6) is 3.57. The van der Waals surface area contributed by atoms with Crippen LogP contribution in [-0.2, 0) is 4.79 Å². The highest BCUT2D eigenvalue weighted by Gasteiger charge is 2.60. The first-order chi connectivity index (χ1) is 13.4. The van der Waals surface area contributed by atoms with E-state index in [1.807, 2.05) is 6.07 Å². The Hall–Kier alpha value is -0.890. The molecule has 0 aromatic heterocycles. The smallest absolute Gasteiger partial charge is 0.165 e. The van der Waals surface area contributed by atoms with Gasteiger partial charge in [-0.25, -0.2) is 0 Å². The van der Waals surface area contributed by atoms with E-state index in [-0.39, 0.29) is 5.41 Å². The number of hydrogen-bond donors (Lipinski definition) is 0. The topological polar surface area (TPSA) is 17.1 Å². The van der Waals surface area contributed by atoms with E-state index in [0.717, 1.165) is 46.2 Å². The number of Topliss-reactive ketones (excluding diaryl/α,β-unsaturated/α-hetero) is 1. The lowest BCUT2D eigenvalue weighted by Gasteiger charge is -2.59. The first kappa shape index (κ1) is 19.1. The Morgan fingerprint density at radius 2 is 1.89 bits per heavy atom. The minimum absolute atomic E-state index is 0.114. The number of rotatable bonds is 1. The third-order valence-corrected chi connectivity index (χ3v) is 9.91. The van der Waals surface area contributed by atoms with Crippen LogP contribution in [0.15, 0.2) is 34.3 Å². The number of benzene rings is 1. The van der Waals surface area contributed by atoms with E-state index in [1.54, 1.807) is 0 Å². The van der Waals surface area contributed by atoms with Crippen LogP contribution in [0.1, 0.15) is 77.2 Å². The quantitative estimate of drug-likeness (QED) is 0.414. The fourth-order valence-corrected chi connectivity index (χ4v) is 8.31. The Balaban J connectivity index is 1.46. The van der Waals surface area contributed by atoms with Gasteiger partial charge in [0.1, 0.15) is 0 Å². The zero-order chi connectivity index (χ0) is 19.5. The van der Waals surface area contributed by atoms with Crippen LogP contribution in [0.25, 0.3) is 6.08 Å². The van der Waals surface area contributed by atoms with Crippen LogP contribution in [0.5, 0.6) is 0 Å². The van der Waals surface area contributed by atoms with E-state index in [9.17, 15) is 4.79 Å². The van der Waals surface area contributed by atoms with Crippen molar-refractivity contribution in [2.24, 2.45) is 34.5 Å². The van der Waals surface area contributed by atoms with E-state index in [1.165, 1.54) is 44.9 Å². The van der Waals surface area contributed by atoms with E-state index in [2.05, 4.69) is 54.1 Å². The van der Waals surface area contributed by atoms with Gasteiger partial charge in [-0.2, -0.15) is 0 Å². The highest BCUT2D eigenvalue weighted by Crippen LogP contribution is 2.66. The lowest BCUT2D eigenvalue weighted by atomic mass is 9.45. The lowest BCUT2D eigenvalue weighted by molar-refractivity contribution is -0.137. The van der Waals surface area contributed by atoms with Gasteiger partial charge in [0, 0.05) is 9.89 Å². The monoisotopic (exact) mass is 440 g/mol. The fourth-order valence-electron chi connectivity index (χ4n) is 7.89. The second kappa shape index (κ2) is 6.83. The van der Waals surface area contributed by atoms with Gasteiger partial charge in [-0.1, -0.05) is 54.8 Å². The van der Waals surface area contributed by atoms with E-state index in [0.29, 0.717) is 17.1 Å². The first-order valence-electron chi connectivity index (χ1n) is 11.4. The third-order valence-electron chi connectivity index (χ3n) is 9.41. The maximum atomic E-state index is 13.5. The van der Waals surface area contributed by atoms with Gasteiger partial charge in [-0.05, 0) is 103 Å². The highest BCUT2D eigenvalue weighted by molar-refractivity contribution is 9.10. The average Bonchev–Trinajstić information content (AvgIpc) is 2.92. The molecule has 150 valence electrons. The molecule has 0 bridgehead atoms. The zero-order valence-electron chi connectivity index (χ0n) is 17.3. The molecule has 0 heterocycles. The van der Waals surface area contributed by atoms with E-state index >= 15 is 0 Å². The number of hydrogen-bond acceptors (Lipinski definition) is 1. The van der Waals surface area contributed by atoms with Crippen molar-refractivity contribution >= 4 is 27.8 Å². The van der Waals surface area contributed by atoms with Gasteiger partial charge in [0.15, 0.2) is 5.78 Å². The highest BCUT2D eigenvalue weighted by atomic mass is 79.9. The number of allylic oxidation sites excluding steroid dienone is 1. The Labute approximate surface area is 178 Å². The number of fused-ring (bicyclic) bond motifs is 5. The summed E-state index contributed by atoms with van der Waals surface area (Å²) in [7, 11) is 0. The minimum atomic E-state index is -0.114. The molecule has 0 spiro atoms. The van der Waals surface area contributed by atoms with Gasteiger partial charge < -0.3 is 0 Å². The van der Waals surface area contributed by atoms with Crippen molar-refractivity contribution in [3.05, 3.63) is 39.9 Å². The first-order valence-corrected chi connectivity index (χ1v) is 12.2. The van der Waals surface area contributed by atoms with Crippen molar-refractivity contribution in [1.29, 1.82) is 0 Å². The zero-order valence-corrected chi connectivity index (χ0v) is 18.9. The maximum Gasteiger partial charge on any atom is 0.165 e. The van der Waals surface area contributed by atoms with Crippen molar-refractivity contribution < 1.29 is 4.79 Å². The molecule has 0 amide bonds. The predicted octanol–water partition coefficient (Wildman–Crippen LogP) is 7.44. The van der Waals surface area contributed by atoms with Crippen LogP contribution in [-0.4, -0.2) is 5.78 Å². The Kier molecular flexibility index (Phi) is 4.66. The molecule has 4 saturated carbocycles. The molecule has 0 aliphatic heterocycles. The Bertz CT molecular complexity index is 825. The molecule has 0 radical (unpaired) electrons. The van der Waals surface area contributed by atoms with Crippen LogP contribution in [0.3, 0.4) is 0 Å². The average molecular weight is 441 g/mol. The van der Waals surface area contributed by atoms with Crippen LogP contribution >= 0.6 is 15.9 Å². The van der Waals surface area contributed by atoms with Crippen LogP contribution in [0.2, 0.25) is 0 Å². The summed E-state index contributed by atoms with van der Waals surface area (Å²) in [5, 5.41) is 0. The van der Waals surface area contributed by atoms with E-state index in [4.69, 9.17) is 0 Å². The second-order valence-electron chi connectivity index (χ2n) is 10.6. The minimum Gasteiger partial charge on any atom is -0.294 e. The number of halogens is 1. The van der Waals surface area contributed by atoms with Gasteiger partial charge in [-0.15, -0.1) is 0 Å². The number of carbonyl (C=O) groups excluding carboxylic acids is 1. The van der Waals surface area contributed by atoms with Crippen LogP contribution < -0.4 is 0 Å². The molecule has 4 fully saturated rings. The third kappa shape index (κ3) is 2.81. The normalized spacial score (nSPS) is 44.1. The summed E-state index contributed by atoms with van der Waals surface area (Å²) in [6, 6.07) is 8.35. The van der Waals surface area contributed by atoms with Crippen molar-refractivity contribution in [3.63, 3.8) is 0 Å². The summed E-state index contributed by atoms with van der Waals surface area (Å²) in [6.45, 7) is 4.92. The molecule has 28 heavy (non-hydrogen) atoms.